The molecule has 1 N–H and O–H groups in total. The van der Waals surface area contributed by atoms with Crippen LogP contribution in [0.5, 0.6) is 0 Å². The third-order valence-corrected chi connectivity index (χ3v) is 4.81. The number of carbonyl (C=O) groups excluding carboxylic acids is 1. The van der Waals surface area contributed by atoms with E-state index >= 15 is 0 Å². The molecule has 104 valence electrons. The zero-order chi connectivity index (χ0) is 13.1. The van der Waals surface area contributed by atoms with E-state index in [0.717, 1.165) is 31.2 Å². The molecule has 1 saturated heterocycles. The molecule has 18 heavy (non-hydrogen) atoms. The monoisotopic (exact) mass is 252 g/mol. The van der Waals surface area contributed by atoms with Crippen LogP contribution in [0.1, 0.15) is 52.4 Å². The van der Waals surface area contributed by atoms with Gasteiger partial charge in [-0.15, -0.1) is 0 Å². The first-order valence-electron chi connectivity index (χ1n) is 7.56. The Bertz CT molecular complexity index is 282. The third-order valence-electron chi connectivity index (χ3n) is 4.81. The molecule has 1 aliphatic heterocycles. The molecular formula is C15H28N2O. The molecule has 3 nitrogen and oxygen atoms in total. The Hall–Kier alpha value is -0.570. The van der Waals surface area contributed by atoms with Gasteiger partial charge in [-0.05, 0) is 43.9 Å². The van der Waals surface area contributed by atoms with Crippen LogP contribution in [-0.2, 0) is 4.79 Å². The molecular weight excluding hydrogens is 224 g/mol. The fraction of sp³-hybridized carbons (Fsp3) is 0.933. The van der Waals surface area contributed by atoms with Crippen LogP contribution in [0.25, 0.3) is 0 Å². The van der Waals surface area contributed by atoms with Crippen molar-refractivity contribution in [2.75, 3.05) is 13.6 Å². The maximum absolute atomic E-state index is 11.4. The highest BCUT2D eigenvalue weighted by Crippen LogP contribution is 2.30. The third kappa shape index (κ3) is 3.47. The normalized spacial score (nSPS) is 34.1. The topological polar surface area (TPSA) is 32.3 Å². The Labute approximate surface area is 111 Å². The second-order valence-electron chi connectivity index (χ2n) is 6.53. The molecule has 0 aromatic carbocycles. The van der Waals surface area contributed by atoms with E-state index in [-0.39, 0.29) is 0 Å². The van der Waals surface area contributed by atoms with Gasteiger partial charge in [0.1, 0.15) is 0 Å². The lowest BCUT2D eigenvalue weighted by Gasteiger charge is -2.36. The Morgan fingerprint density at radius 3 is 2.33 bits per heavy atom. The number of nitrogens with zero attached hydrogens (tertiary/aromatic N) is 1. The van der Waals surface area contributed by atoms with Gasteiger partial charge >= 0.3 is 0 Å². The van der Waals surface area contributed by atoms with Gasteiger partial charge in [-0.25, -0.2) is 0 Å². The average Bonchev–Trinajstić information content (AvgIpc) is 2.34. The average molecular weight is 252 g/mol. The smallest absolute Gasteiger partial charge is 0.222 e. The van der Waals surface area contributed by atoms with E-state index in [0.29, 0.717) is 18.0 Å². The van der Waals surface area contributed by atoms with Crippen LogP contribution in [0.15, 0.2) is 0 Å². The van der Waals surface area contributed by atoms with Crippen molar-refractivity contribution in [2.24, 2.45) is 11.8 Å². The van der Waals surface area contributed by atoms with E-state index in [1.807, 2.05) is 11.9 Å². The van der Waals surface area contributed by atoms with Crippen LogP contribution in [0.4, 0.5) is 0 Å². The molecule has 1 unspecified atom stereocenters. The minimum absolute atomic E-state index is 0.302. The summed E-state index contributed by atoms with van der Waals surface area (Å²) in [5.41, 5.74) is 0. The number of rotatable bonds is 3. The maximum Gasteiger partial charge on any atom is 0.222 e. The Kier molecular flexibility index (Phi) is 4.66. The number of nitrogens with one attached hydrogen (secondary N) is 1. The van der Waals surface area contributed by atoms with Gasteiger partial charge in [0.2, 0.25) is 5.91 Å². The van der Waals surface area contributed by atoms with Gasteiger partial charge < -0.3 is 10.2 Å². The van der Waals surface area contributed by atoms with E-state index in [4.69, 9.17) is 0 Å². The van der Waals surface area contributed by atoms with Crippen molar-refractivity contribution in [3.05, 3.63) is 0 Å². The Morgan fingerprint density at radius 1 is 1.11 bits per heavy atom. The highest BCUT2D eigenvalue weighted by atomic mass is 16.2. The van der Waals surface area contributed by atoms with Crippen molar-refractivity contribution in [3.8, 4) is 0 Å². The van der Waals surface area contributed by atoms with E-state index in [9.17, 15) is 4.79 Å². The summed E-state index contributed by atoms with van der Waals surface area (Å²) < 4.78 is 0. The summed E-state index contributed by atoms with van der Waals surface area (Å²) in [4.78, 5) is 13.3. The molecule has 2 aliphatic rings. The van der Waals surface area contributed by atoms with Crippen molar-refractivity contribution < 1.29 is 4.79 Å². The fourth-order valence-electron chi connectivity index (χ4n) is 3.43. The van der Waals surface area contributed by atoms with Gasteiger partial charge in [0.05, 0.1) is 0 Å². The molecule has 0 spiro atoms. The number of hydrogen-bond acceptors (Lipinski definition) is 2. The van der Waals surface area contributed by atoms with Crippen LogP contribution in [0.3, 0.4) is 0 Å². The first-order valence-corrected chi connectivity index (χ1v) is 7.56. The number of hydrogen-bond donors (Lipinski definition) is 1. The fourth-order valence-corrected chi connectivity index (χ4v) is 3.43. The summed E-state index contributed by atoms with van der Waals surface area (Å²) in [6.07, 6.45) is 7.12. The summed E-state index contributed by atoms with van der Waals surface area (Å²) in [6, 6.07) is 1.21. The lowest BCUT2D eigenvalue weighted by molar-refractivity contribution is -0.132. The molecule has 1 amide bonds. The zero-order valence-corrected chi connectivity index (χ0v) is 12.1. The Morgan fingerprint density at radius 2 is 1.78 bits per heavy atom. The molecule has 1 atom stereocenters. The summed E-state index contributed by atoms with van der Waals surface area (Å²) in [5, 5.41) is 3.77. The first-order chi connectivity index (χ1) is 8.56. The zero-order valence-electron chi connectivity index (χ0n) is 12.1. The van der Waals surface area contributed by atoms with Crippen LogP contribution in [0.2, 0.25) is 0 Å². The summed E-state index contributed by atoms with van der Waals surface area (Å²) >= 11 is 0. The highest BCUT2D eigenvalue weighted by molar-refractivity contribution is 5.76. The minimum atomic E-state index is 0.302. The van der Waals surface area contributed by atoms with Gasteiger partial charge in [0.15, 0.2) is 0 Å². The number of piperidine rings is 1. The molecule has 3 heteroatoms. The second-order valence-corrected chi connectivity index (χ2v) is 6.53. The van der Waals surface area contributed by atoms with Gasteiger partial charge in [-0.1, -0.05) is 13.8 Å². The summed E-state index contributed by atoms with van der Waals surface area (Å²) in [7, 11) is 1.92. The van der Waals surface area contributed by atoms with Gasteiger partial charge in [0, 0.05) is 32.1 Å². The van der Waals surface area contributed by atoms with Crippen molar-refractivity contribution in [1.29, 1.82) is 0 Å². The molecule has 1 heterocycles. The molecule has 2 rings (SSSR count). The number of amides is 1. The van der Waals surface area contributed by atoms with Crippen LogP contribution >= 0.6 is 0 Å². The van der Waals surface area contributed by atoms with Gasteiger partial charge in [-0.2, -0.15) is 0 Å². The van der Waals surface area contributed by atoms with Crippen LogP contribution < -0.4 is 5.32 Å². The van der Waals surface area contributed by atoms with E-state index in [2.05, 4.69) is 19.2 Å². The van der Waals surface area contributed by atoms with E-state index in [1.165, 1.54) is 25.7 Å². The largest absolute Gasteiger partial charge is 0.344 e. The molecule has 0 aromatic heterocycles. The molecule has 0 bridgehead atoms. The van der Waals surface area contributed by atoms with Crippen molar-refractivity contribution in [1.82, 2.24) is 10.2 Å². The van der Waals surface area contributed by atoms with Crippen LogP contribution in [0, 0.1) is 11.8 Å². The second kappa shape index (κ2) is 6.05. The Balaban J connectivity index is 1.73. The lowest BCUT2D eigenvalue weighted by atomic mass is 9.79. The van der Waals surface area contributed by atoms with Crippen LogP contribution in [-0.4, -0.2) is 36.5 Å². The predicted octanol–water partition coefficient (Wildman–Crippen LogP) is 2.41. The van der Waals surface area contributed by atoms with Gasteiger partial charge in [0.25, 0.3) is 0 Å². The minimum Gasteiger partial charge on any atom is -0.344 e. The van der Waals surface area contributed by atoms with E-state index < -0.39 is 0 Å². The number of carbonyl (C=O) groups is 1. The quantitative estimate of drug-likeness (QED) is 0.836. The van der Waals surface area contributed by atoms with Crippen molar-refractivity contribution >= 4 is 5.91 Å². The molecule has 1 saturated carbocycles. The molecule has 1 aliphatic carbocycles. The molecule has 0 aromatic rings. The standard InChI is InChI=1S/C15H28N2O/c1-11(2)12-4-6-13(7-5-12)16-14-8-9-15(18)17(3)10-14/h11-14,16H,4-10H2,1-3H3. The first kappa shape index (κ1) is 13.9. The van der Waals surface area contributed by atoms with Gasteiger partial charge in [-0.3, -0.25) is 4.79 Å². The summed E-state index contributed by atoms with van der Waals surface area (Å²) in [5.74, 6) is 2.07. The van der Waals surface area contributed by atoms with Crippen molar-refractivity contribution in [3.63, 3.8) is 0 Å². The van der Waals surface area contributed by atoms with E-state index in [1.54, 1.807) is 0 Å². The highest BCUT2D eigenvalue weighted by Gasteiger charge is 2.28. The number of likely N-dealkylation sites (tertiary alicyclic amines) is 1. The molecule has 0 radical (unpaired) electrons. The molecule has 2 fully saturated rings. The lowest BCUT2D eigenvalue weighted by Crippen LogP contribution is -2.50. The maximum atomic E-state index is 11.4. The SMILES string of the molecule is CC(C)C1CCC(NC2CCC(=O)N(C)C2)CC1. The summed E-state index contributed by atoms with van der Waals surface area (Å²) in [6.45, 7) is 5.59. The number of likely N-dealkylation sites (N-methyl/N-ethyl adjacent to an activating group) is 1. The van der Waals surface area contributed by atoms with Crippen molar-refractivity contribution in [2.45, 2.75) is 64.5 Å². The predicted molar refractivity (Wildman–Crippen MR) is 74.4 cm³/mol.